The maximum absolute atomic E-state index is 12.1. The molecular weight excluding hydrogens is 669 g/mol. The first-order valence-electron chi connectivity index (χ1n) is 22.1. The summed E-state index contributed by atoms with van der Waals surface area (Å²) in [6.45, 7) is 3.92. The second kappa shape index (κ2) is 44.5. The Kier molecular flexibility index (Phi) is 42.1. The van der Waals surface area contributed by atoms with Crippen molar-refractivity contribution in [2.75, 3.05) is 13.2 Å². The van der Waals surface area contributed by atoms with E-state index in [1.54, 1.807) is 6.08 Å². The van der Waals surface area contributed by atoms with E-state index in [2.05, 4.69) is 86.8 Å². The SMILES string of the molecule is CC/C=C\C/C=C\C/C=C\C/C=C\C/C=C\CC(=O)OC(CO)COC(=O)CCCCCCCCCCCCCCC/C=C\C/C=C\CCCCCCC. The summed E-state index contributed by atoms with van der Waals surface area (Å²) < 4.78 is 10.5. The number of aliphatic hydroxyl groups is 1. The Morgan fingerprint density at radius 3 is 1.30 bits per heavy atom. The normalized spacial score (nSPS) is 13.0. The van der Waals surface area contributed by atoms with Crippen molar-refractivity contribution in [3.05, 3.63) is 85.1 Å². The Labute approximate surface area is 333 Å². The Morgan fingerprint density at radius 1 is 0.463 bits per heavy atom. The number of unbranched alkanes of at least 4 members (excludes halogenated alkanes) is 18. The molecule has 54 heavy (non-hydrogen) atoms. The highest BCUT2D eigenvalue weighted by atomic mass is 16.6. The molecule has 0 aliphatic heterocycles. The lowest BCUT2D eigenvalue weighted by Crippen LogP contribution is -2.28. The Hall–Kier alpha value is -2.92. The summed E-state index contributed by atoms with van der Waals surface area (Å²) in [5, 5.41) is 9.56. The molecule has 1 atom stereocenters. The summed E-state index contributed by atoms with van der Waals surface area (Å²) in [5.74, 6) is -0.742. The second-order valence-corrected chi connectivity index (χ2v) is 14.4. The average molecular weight is 751 g/mol. The summed E-state index contributed by atoms with van der Waals surface area (Å²) in [7, 11) is 0. The van der Waals surface area contributed by atoms with E-state index in [1.807, 2.05) is 6.08 Å². The molecular formula is C49H82O5. The molecule has 0 fully saturated rings. The third-order valence-electron chi connectivity index (χ3n) is 9.21. The van der Waals surface area contributed by atoms with Gasteiger partial charge in [-0.1, -0.05) is 195 Å². The summed E-state index contributed by atoms with van der Waals surface area (Å²) in [6, 6.07) is 0. The fourth-order valence-corrected chi connectivity index (χ4v) is 5.89. The smallest absolute Gasteiger partial charge is 0.310 e. The van der Waals surface area contributed by atoms with E-state index >= 15 is 0 Å². The Balaban J connectivity index is 3.60. The zero-order chi connectivity index (χ0) is 39.3. The standard InChI is InChI=1S/C49H82O5/c1-3-5-7-9-11-13-15-17-19-20-21-22-23-24-25-26-27-28-30-31-33-35-37-39-41-43-48(51)53-46-47(45-50)54-49(52)44-42-40-38-36-34-32-29-18-16-14-12-10-8-6-4-2/h6,8,12,14-15,17-18,20-21,29,34,36,40,42,47,50H,3-5,7,9-11,13,16,19,22-28,30-33,35,37-39,41,43-46H2,1-2H3/b8-6-,14-12-,17-15-,21-20-,29-18-,36-34-,42-40-. The van der Waals surface area contributed by atoms with Crippen LogP contribution in [0.25, 0.3) is 0 Å². The number of rotatable bonds is 39. The fourth-order valence-electron chi connectivity index (χ4n) is 5.89. The predicted octanol–water partition coefficient (Wildman–Crippen LogP) is 14.3. The van der Waals surface area contributed by atoms with Crippen molar-refractivity contribution in [2.45, 2.75) is 200 Å². The van der Waals surface area contributed by atoms with E-state index in [0.717, 1.165) is 57.8 Å². The number of hydrogen-bond acceptors (Lipinski definition) is 5. The number of allylic oxidation sites excluding steroid dienone is 13. The minimum Gasteiger partial charge on any atom is -0.462 e. The van der Waals surface area contributed by atoms with Crippen molar-refractivity contribution in [1.29, 1.82) is 0 Å². The largest absolute Gasteiger partial charge is 0.462 e. The predicted molar refractivity (Wildman–Crippen MR) is 233 cm³/mol. The third kappa shape index (κ3) is 41.8. The molecule has 0 saturated carbocycles. The van der Waals surface area contributed by atoms with Gasteiger partial charge in [0.15, 0.2) is 6.10 Å². The summed E-state index contributed by atoms with van der Waals surface area (Å²) in [5.41, 5.74) is 0. The average Bonchev–Trinajstić information content (AvgIpc) is 3.17. The van der Waals surface area contributed by atoms with Crippen LogP contribution in [-0.2, 0) is 19.1 Å². The first-order valence-corrected chi connectivity index (χ1v) is 22.1. The molecule has 0 radical (unpaired) electrons. The van der Waals surface area contributed by atoms with Gasteiger partial charge in [-0.05, 0) is 70.6 Å². The molecule has 0 aliphatic rings. The van der Waals surface area contributed by atoms with Crippen LogP contribution in [0.15, 0.2) is 85.1 Å². The number of carbonyl (C=O) groups excluding carboxylic acids is 2. The molecule has 0 rings (SSSR count). The van der Waals surface area contributed by atoms with Gasteiger partial charge in [0.1, 0.15) is 6.61 Å². The molecule has 1 unspecified atom stereocenters. The van der Waals surface area contributed by atoms with Gasteiger partial charge >= 0.3 is 11.9 Å². The van der Waals surface area contributed by atoms with Crippen molar-refractivity contribution in [3.8, 4) is 0 Å². The van der Waals surface area contributed by atoms with Crippen LogP contribution in [0.3, 0.4) is 0 Å². The first kappa shape index (κ1) is 51.1. The van der Waals surface area contributed by atoms with Crippen molar-refractivity contribution in [1.82, 2.24) is 0 Å². The van der Waals surface area contributed by atoms with Crippen molar-refractivity contribution >= 4 is 11.9 Å². The molecule has 0 aromatic rings. The third-order valence-corrected chi connectivity index (χ3v) is 9.21. The van der Waals surface area contributed by atoms with Crippen LogP contribution in [0.2, 0.25) is 0 Å². The molecule has 0 saturated heterocycles. The zero-order valence-electron chi connectivity index (χ0n) is 35.0. The van der Waals surface area contributed by atoms with E-state index in [-0.39, 0.29) is 25.6 Å². The van der Waals surface area contributed by atoms with Gasteiger partial charge in [-0.15, -0.1) is 0 Å². The van der Waals surface area contributed by atoms with Gasteiger partial charge in [-0.2, -0.15) is 0 Å². The van der Waals surface area contributed by atoms with Gasteiger partial charge < -0.3 is 14.6 Å². The second-order valence-electron chi connectivity index (χ2n) is 14.4. The highest BCUT2D eigenvalue weighted by molar-refractivity contribution is 5.71. The minimum absolute atomic E-state index is 0.110. The van der Waals surface area contributed by atoms with Crippen LogP contribution in [0.5, 0.6) is 0 Å². The fraction of sp³-hybridized carbons (Fsp3) is 0.673. The molecule has 1 N–H and O–H groups in total. The Bertz CT molecular complexity index is 1030. The van der Waals surface area contributed by atoms with Gasteiger partial charge in [0.05, 0.1) is 13.0 Å². The molecule has 5 nitrogen and oxygen atoms in total. The molecule has 0 heterocycles. The molecule has 0 aromatic carbocycles. The molecule has 308 valence electrons. The number of esters is 2. The van der Waals surface area contributed by atoms with Crippen LogP contribution < -0.4 is 0 Å². The topological polar surface area (TPSA) is 72.8 Å². The highest BCUT2D eigenvalue weighted by Gasteiger charge is 2.15. The van der Waals surface area contributed by atoms with Gasteiger partial charge in [0.25, 0.3) is 0 Å². The monoisotopic (exact) mass is 751 g/mol. The van der Waals surface area contributed by atoms with Crippen LogP contribution in [0.1, 0.15) is 194 Å². The number of carbonyl (C=O) groups is 2. The van der Waals surface area contributed by atoms with Crippen LogP contribution >= 0.6 is 0 Å². The van der Waals surface area contributed by atoms with Gasteiger partial charge in [-0.25, -0.2) is 0 Å². The van der Waals surface area contributed by atoms with E-state index in [0.29, 0.717) is 6.42 Å². The van der Waals surface area contributed by atoms with Crippen LogP contribution in [-0.4, -0.2) is 36.4 Å². The Morgan fingerprint density at radius 2 is 0.852 bits per heavy atom. The van der Waals surface area contributed by atoms with Gasteiger partial charge in [-0.3, -0.25) is 9.59 Å². The minimum atomic E-state index is -0.830. The highest BCUT2D eigenvalue weighted by Crippen LogP contribution is 2.14. The first-order chi connectivity index (χ1) is 26.6. The zero-order valence-corrected chi connectivity index (χ0v) is 35.0. The van der Waals surface area contributed by atoms with Crippen LogP contribution in [0.4, 0.5) is 0 Å². The lowest BCUT2D eigenvalue weighted by molar-refractivity contribution is -0.160. The molecule has 0 aromatic heterocycles. The molecule has 5 heteroatoms. The van der Waals surface area contributed by atoms with Crippen molar-refractivity contribution < 1.29 is 24.2 Å². The summed E-state index contributed by atoms with van der Waals surface area (Å²) in [6.07, 6.45) is 61.1. The number of hydrogen-bond donors (Lipinski definition) is 1. The van der Waals surface area contributed by atoms with Crippen molar-refractivity contribution in [3.63, 3.8) is 0 Å². The van der Waals surface area contributed by atoms with E-state index in [9.17, 15) is 14.7 Å². The summed E-state index contributed by atoms with van der Waals surface area (Å²) in [4.78, 5) is 24.3. The molecule has 0 bridgehead atoms. The molecule has 0 aliphatic carbocycles. The number of ether oxygens (including phenoxy) is 2. The van der Waals surface area contributed by atoms with Crippen molar-refractivity contribution in [2.24, 2.45) is 0 Å². The van der Waals surface area contributed by atoms with Gasteiger partial charge in [0.2, 0.25) is 0 Å². The van der Waals surface area contributed by atoms with Crippen LogP contribution in [0, 0.1) is 0 Å². The molecule has 0 spiro atoms. The van der Waals surface area contributed by atoms with E-state index in [1.165, 1.54) is 109 Å². The quantitative estimate of drug-likeness (QED) is 0.0385. The lowest BCUT2D eigenvalue weighted by atomic mass is 10.0. The van der Waals surface area contributed by atoms with E-state index in [4.69, 9.17) is 9.47 Å². The maximum atomic E-state index is 12.1. The summed E-state index contributed by atoms with van der Waals surface area (Å²) >= 11 is 0. The van der Waals surface area contributed by atoms with E-state index < -0.39 is 12.1 Å². The lowest BCUT2D eigenvalue weighted by Gasteiger charge is -2.15. The maximum Gasteiger partial charge on any atom is 0.310 e. The number of aliphatic hydroxyl groups excluding tert-OH is 1. The molecule has 0 amide bonds. The van der Waals surface area contributed by atoms with Gasteiger partial charge in [0, 0.05) is 6.42 Å².